The number of allylic oxidation sites excluding steroid dienone is 1. The van der Waals surface area contributed by atoms with Crippen LogP contribution in [0.15, 0.2) is 12.7 Å². The number of likely N-dealkylation sites (N-methyl/N-ethyl adjacent to an activating group) is 1. The van der Waals surface area contributed by atoms with Crippen molar-refractivity contribution in [3.63, 3.8) is 0 Å². The molecule has 0 aromatic carbocycles. The highest BCUT2D eigenvalue weighted by atomic mass is 32.2. The Labute approximate surface area is 294 Å². The van der Waals surface area contributed by atoms with Gasteiger partial charge >= 0.3 is 6.03 Å². The lowest BCUT2D eigenvalue weighted by atomic mass is 9.75. The summed E-state index contributed by atoms with van der Waals surface area (Å²) in [6.07, 6.45) is 6.19. The highest BCUT2D eigenvalue weighted by molar-refractivity contribution is 7.92. The Kier molecular flexibility index (Phi) is 14.1. The third-order valence-corrected chi connectivity index (χ3v) is 12.7. The van der Waals surface area contributed by atoms with Gasteiger partial charge in [0.15, 0.2) is 9.84 Å². The van der Waals surface area contributed by atoms with Gasteiger partial charge in [-0.25, -0.2) is 13.2 Å². The lowest BCUT2D eigenvalue weighted by Gasteiger charge is -2.41. The Bertz CT molecular complexity index is 1330. The molecule has 0 aromatic rings. The second-order valence-corrected chi connectivity index (χ2v) is 19.7. The van der Waals surface area contributed by atoms with Crippen LogP contribution in [0.5, 0.6) is 0 Å². The molecule has 2 rings (SSSR count). The first-order chi connectivity index (χ1) is 22.4. The van der Waals surface area contributed by atoms with Gasteiger partial charge in [0.25, 0.3) is 5.91 Å². The molecular weight excluding hydrogens is 646 g/mol. The number of likely N-dealkylation sites (tertiary alicyclic amines) is 1. The predicted molar refractivity (Wildman–Crippen MR) is 192 cm³/mol. The minimum atomic E-state index is -3.57. The monoisotopic (exact) mass is 709 g/mol. The smallest absolute Gasteiger partial charge is 0.315 e. The molecule has 1 saturated carbocycles. The average molecular weight is 710 g/mol. The van der Waals surface area contributed by atoms with Crippen LogP contribution in [-0.4, -0.2) is 90.1 Å². The summed E-state index contributed by atoms with van der Waals surface area (Å²) in [4.78, 5) is 69.4. The number of sulfone groups is 1. The Hall–Kier alpha value is -2.96. The van der Waals surface area contributed by atoms with E-state index in [2.05, 4.69) is 27.8 Å². The topological polar surface area (TPSA) is 171 Å². The van der Waals surface area contributed by atoms with E-state index in [0.29, 0.717) is 25.7 Å². The molecule has 1 saturated heterocycles. The number of nitrogens with one attached hydrogen (secondary N) is 4. The van der Waals surface area contributed by atoms with Gasteiger partial charge in [-0.2, -0.15) is 0 Å². The van der Waals surface area contributed by atoms with E-state index in [1.165, 1.54) is 4.90 Å². The molecule has 2 aliphatic rings. The Morgan fingerprint density at radius 3 is 2.02 bits per heavy atom. The van der Waals surface area contributed by atoms with E-state index in [0.717, 1.165) is 19.3 Å². The molecule has 4 N–H and O–H groups in total. The summed E-state index contributed by atoms with van der Waals surface area (Å²) in [5.74, 6) is -3.03. The normalized spacial score (nSPS) is 21.2. The highest BCUT2D eigenvalue weighted by Crippen LogP contribution is 2.40. The first-order valence-corrected chi connectivity index (χ1v) is 19.4. The average Bonchev–Trinajstić information content (AvgIpc) is 3.43. The number of hydrogen-bond acceptors (Lipinski definition) is 7. The van der Waals surface area contributed by atoms with Gasteiger partial charge in [0.2, 0.25) is 17.6 Å². The van der Waals surface area contributed by atoms with Crippen LogP contribution in [0.3, 0.4) is 0 Å². The maximum Gasteiger partial charge on any atom is 0.315 e. The summed E-state index contributed by atoms with van der Waals surface area (Å²) < 4.78 is 25.6. The molecule has 2 fully saturated rings. The van der Waals surface area contributed by atoms with Gasteiger partial charge in [0.05, 0.1) is 22.1 Å². The molecule has 0 bridgehead atoms. The van der Waals surface area contributed by atoms with Crippen molar-refractivity contribution in [3.8, 4) is 0 Å². The summed E-state index contributed by atoms with van der Waals surface area (Å²) in [6.45, 7) is 22.3. The number of hydrogen-bond donors (Lipinski definition) is 4. The summed E-state index contributed by atoms with van der Waals surface area (Å²) in [5.41, 5.74) is -2.15. The molecular formula is C36H63N5O7S. The van der Waals surface area contributed by atoms with Crippen LogP contribution in [0.1, 0.15) is 121 Å². The number of carbonyl (C=O) groups is 5. The van der Waals surface area contributed by atoms with E-state index in [-0.39, 0.29) is 31.2 Å². The first-order valence-electron chi connectivity index (χ1n) is 17.8. The van der Waals surface area contributed by atoms with E-state index in [1.54, 1.807) is 33.8 Å². The zero-order chi connectivity index (χ0) is 37.6. The minimum absolute atomic E-state index is 0.172. The van der Waals surface area contributed by atoms with E-state index in [1.807, 2.05) is 41.5 Å². The number of Topliss-reactive ketones (excluding diaryl/α,β-unsaturated/α-hetero) is 1. The van der Waals surface area contributed by atoms with Gasteiger partial charge in [-0.15, -0.1) is 6.58 Å². The highest BCUT2D eigenvalue weighted by Gasteiger charge is 2.50. The van der Waals surface area contributed by atoms with Crippen LogP contribution < -0.4 is 21.3 Å². The van der Waals surface area contributed by atoms with E-state index in [9.17, 15) is 32.4 Å². The Morgan fingerprint density at radius 1 is 0.939 bits per heavy atom. The van der Waals surface area contributed by atoms with E-state index >= 15 is 0 Å². The van der Waals surface area contributed by atoms with Gasteiger partial charge in [0, 0.05) is 13.1 Å². The third kappa shape index (κ3) is 11.0. The molecule has 0 spiro atoms. The van der Waals surface area contributed by atoms with Crippen LogP contribution in [0.2, 0.25) is 0 Å². The molecule has 12 nitrogen and oxygen atoms in total. The van der Waals surface area contributed by atoms with Crippen molar-refractivity contribution in [2.24, 2.45) is 16.7 Å². The third-order valence-electron chi connectivity index (χ3n) is 9.89. The summed E-state index contributed by atoms with van der Waals surface area (Å²) in [7, 11) is -3.57. The maximum atomic E-state index is 14.5. The van der Waals surface area contributed by atoms with Gasteiger partial charge in [-0.1, -0.05) is 66.9 Å². The van der Waals surface area contributed by atoms with Gasteiger partial charge in [0.1, 0.15) is 12.1 Å². The second kappa shape index (κ2) is 16.4. The molecule has 4 atom stereocenters. The Morgan fingerprint density at radius 2 is 1.53 bits per heavy atom. The quantitative estimate of drug-likeness (QED) is 0.165. The van der Waals surface area contributed by atoms with Crippen molar-refractivity contribution in [1.82, 2.24) is 26.2 Å². The van der Waals surface area contributed by atoms with Gasteiger partial charge in [-0.05, 0) is 76.5 Å². The summed E-state index contributed by atoms with van der Waals surface area (Å²) >= 11 is 0. The standard InChI is InChI=1S/C36H63N5O7S/c1-12-14-18-25(27(42)30(44)37-13-2)38-29(43)26-24(33(3,4)5)19-22-41(26)31(45)28(34(6,7)8)39-32(46)40-36(20-16-15-17-21-36)23-49(47,48)35(9,10)11/h12,24-26,28H,1,13-23H2,2-11H3,(H,37,44)(H,38,43)(H2,39,40,46)/t24?,25?,26?,28-/m1/s1. The number of carbonyl (C=O) groups excluding carboxylic acids is 5. The summed E-state index contributed by atoms with van der Waals surface area (Å²) in [5, 5.41) is 11.1. The van der Waals surface area contributed by atoms with Crippen LogP contribution in [0, 0.1) is 16.7 Å². The number of urea groups is 1. The first kappa shape index (κ1) is 42.2. The maximum absolute atomic E-state index is 14.5. The molecule has 3 unspecified atom stereocenters. The number of amides is 5. The van der Waals surface area contributed by atoms with Gasteiger partial charge < -0.3 is 26.2 Å². The fourth-order valence-corrected chi connectivity index (χ4v) is 8.34. The molecule has 0 aromatic heterocycles. The lowest BCUT2D eigenvalue weighted by molar-refractivity contribution is -0.145. The molecule has 5 amide bonds. The molecule has 0 radical (unpaired) electrons. The predicted octanol–water partition coefficient (Wildman–Crippen LogP) is 4.04. The molecule has 1 heterocycles. The number of ketones is 1. The van der Waals surface area contributed by atoms with Crippen LogP contribution >= 0.6 is 0 Å². The lowest BCUT2D eigenvalue weighted by Crippen LogP contribution is -2.64. The molecule has 1 aliphatic carbocycles. The van der Waals surface area contributed by atoms with Crippen LogP contribution in [0.4, 0.5) is 4.79 Å². The van der Waals surface area contributed by atoms with Crippen molar-refractivity contribution in [1.29, 1.82) is 0 Å². The zero-order valence-corrected chi connectivity index (χ0v) is 32.4. The van der Waals surface area contributed by atoms with Crippen molar-refractivity contribution < 1.29 is 32.4 Å². The van der Waals surface area contributed by atoms with Crippen molar-refractivity contribution >= 4 is 39.4 Å². The number of rotatable bonds is 13. The Balaban J connectivity index is 2.43. The SMILES string of the molecule is C=CCCC(NC(=O)C1C(C(C)(C)C)CCN1C(=O)[C@@H](NC(=O)NC1(CS(=O)(=O)C(C)(C)C)CCCCC1)C(C)(C)C)C(=O)C(=O)NCC. The zero-order valence-electron chi connectivity index (χ0n) is 31.6. The molecule has 49 heavy (non-hydrogen) atoms. The summed E-state index contributed by atoms with van der Waals surface area (Å²) in [6, 6.07) is -3.76. The minimum Gasteiger partial charge on any atom is -0.350 e. The van der Waals surface area contributed by atoms with Crippen LogP contribution in [0.25, 0.3) is 0 Å². The van der Waals surface area contributed by atoms with Gasteiger partial charge in [-0.3, -0.25) is 19.2 Å². The van der Waals surface area contributed by atoms with Crippen molar-refractivity contribution in [2.75, 3.05) is 18.8 Å². The van der Waals surface area contributed by atoms with Crippen molar-refractivity contribution in [3.05, 3.63) is 12.7 Å². The van der Waals surface area contributed by atoms with E-state index < -0.39 is 78.6 Å². The van der Waals surface area contributed by atoms with Crippen molar-refractivity contribution in [2.45, 2.75) is 149 Å². The molecule has 1 aliphatic heterocycles. The fraction of sp³-hybridized carbons (Fsp3) is 0.806. The molecule has 280 valence electrons. The molecule has 13 heteroatoms. The number of nitrogens with zero attached hydrogens (tertiary/aromatic N) is 1. The second-order valence-electron chi connectivity index (χ2n) is 17.0. The van der Waals surface area contributed by atoms with E-state index in [4.69, 9.17) is 0 Å². The van der Waals surface area contributed by atoms with Crippen LogP contribution in [-0.2, 0) is 29.0 Å². The largest absolute Gasteiger partial charge is 0.350 e. The fourth-order valence-electron chi connectivity index (χ4n) is 6.82.